The fourth-order valence-corrected chi connectivity index (χ4v) is 5.35. The van der Waals surface area contributed by atoms with E-state index < -0.39 is 24.2 Å². The number of aliphatic hydroxyl groups is 3. The Morgan fingerprint density at radius 1 is 1.12 bits per heavy atom. The van der Waals surface area contributed by atoms with Gasteiger partial charge in [-0.25, -0.2) is 9.97 Å². The van der Waals surface area contributed by atoms with E-state index in [9.17, 15) is 15.3 Å². The summed E-state index contributed by atoms with van der Waals surface area (Å²) in [5, 5.41) is 41.5. The normalized spacial score (nSPS) is 22.4. The Kier molecular flexibility index (Phi) is 6.17. The number of para-hydroxylation sites is 1. The second kappa shape index (κ2) is 9.26. The van der Waals surface area contributed by atoms with Gasteiger partial charge in [-0.15, -0.1) is 11.3 Å². The lowest BCUT2D eigenvalue weighted by Crippen LogP contribution is -2.35. The average molecular weight is 483 g/mol. The van der Waals surface area contributed by atoms with Crippen LogP contribution in [-0.2, 0) is 6.54 Å². The smallest absolute Gasteiger partial charge is 0.225 e. The minimum absolute atomic E-state index is 0.201. The molecule has 0 amide bonds. The van der Waals surface area contributed by atoms with Gasteiger partial charge in [-0.1, -0.05) is 17.3 Å². The molecule has 10 nitrogen and oxygen atoms in total. The van der Waals surface area contributed by atoms with E-state index in [0.29, 0.717) is 36.2 Å². The zero-order valence-corrected chi connectivity index (χ0v) is 19.6. The minimum Gasteiger partial charge on any atom is -0.396 e. The second-order valence-corrected chi connectivity index (χ2v) is 9.57. The average Bonchev–Trinajstić information content (AvgIpc) is 3.51. The van der Waals surface area contributed by atoms with E-state index in [4.69, 9.17) is 14.5 Å². The Balaban J connectivity index is 1.51. The van der Waals surface area contributed by atoms with Crippen LogP contribution in [0.3, 0.4) is 0 Å². The van der Waals surface area contributed by atoms with Crippen molar-refractivity contribution in [3.63, 3.8) is 0 Å². The highest BCUT2D eigenvalue weighted by molar-refractivity contribution is 7.21. The van der Waals surface area contributed by atoms with E-state index in [1.165, 1.54) is 11.3 Å². The van der Waals surface area contributed by atoms with Gasteiger partial charge in [-0.2, -0.15) is 4.98 Å². The van der Waals surface area contributed by atoms with E-state index in [1.807, 2.05) is 44.2 Å². The molecule has 3 heterocycles. The van der Waals surface area contributed by atoms with Crippen molar-refractivity contribution < 1.29 is 19.8 Å². The van der Waals surface area contributed by atoms with E-state index in [2.05, 4.69) is 20.8 Å². The molecule has 1 aliphatic rings. The lowest BCUT2D eigenvalue weighted by atomic mass is 10.1. The summed E-state index contributed by atoms with van der Waals surface area (Å²) in [5.74, 6) is 1.13. The largest absolute Gasteiger partial charge is 0.396 e. The number of benzene rings is 1. The summed E-state index contributed by atoms with van der Waals surface area (Å²) in [7, 11) is 0. The number of aryl methyl sites for hydroxylation is 2. The molecule has 0 radical (unpaired) electrons. The van der Waals surface area contributed by atoms with Crippen molar-refractivity contribution in [1.82, 2.24) is 20.1 Å². The third kappa shape index (κ3) is 4.34. The Labute approximate surface area is 199 Å². The molecule has 4 aromatic rings. The van der Waals surface area contributed by atoms with Crippen molar-refractivity contribution in [2.24, 2.45) is 5.92 Å². The number of aliphatic hydroxyl groups excluding tert-OH is 3. The van der Waals surface area contributed by atoms with Gasteiger partial charge in [-0.3, -0.25) is 0 Å². The molecule has 178 valence electrons. The number of hydrogen-bond donors (Lipinski definition) is 5. The maximum absolute atomic E-state index is 10.6. The Morgan fingerprint density at radius 2 is 1.94 bits per heavy atom. The fraction of sp³-hybridized carbons (Fsp3) is 0.391. The third-order valence-corrected chi connectivity index (χ3v) is 7.11. The van der Waals surface area contributed by atoms with Gasteiger partial charge in [0.15, 0.2) is 5.76 Å². The molecule has 11 heteroatoms. The number of anilines is 2. The molecule has 1 fully saturated rings. The molecule has 3 aromatic heterocycles. The number of hydrogen-bond acceptors (Lipinski definition) is 11. The topological polar surface area (TPSA) is 149 Å². The molecule has 4 atom stereocenters. The minimum atomic E-state index is -1.04. The van der Waals surface area contributed by atoms with Crippen LogP contribution in [0.15, 0.2) is 34.9 Å². The van der Waals surface area contributed by atoms with Gasteiger partial charge >= 0.3 is 0 Å². The van der Waals surface area contributed by atoms with Gasteiger partial charge in [0.25, 0.3) is 0 Å². The van der Waals surface area contributed by atoms with Gasteiger partial charge < -0.3 is 30.5 Å². The number of nitrogens with one attached hydrogen (secondary N) is 2. The summed E-state index contributed by atoms with van der Waals surface area (Å²) in [5.41, 5.74) is 3.11. The predicted molar refractivity (Wildman–Crippen MR) is 129 cm³/mol. The third-order valence-electron chi connectivity index (χ3n) is 6.05. The first-order chi connectivity index (χ1) is 16.4. The molecule has 34 heavy (non-hydrogen) atoms. The summed E-state index contributed by atoms with van der Waals surface area (Å²) < 4.78 is 6.30. The fourth-order valence-electron chi connectivity index (χ4n) is 4.28. The van der Waals surface area contributed by atoms with E-state index >= 15 is 0 Å². The van der Waals surface area contributed by atoms with Crippen LogP contribution in [-0.4, -0.2) is 60.3 Å². The van der Waals surface area contributed by atoms with Crippen molar-refractivity contribution in [3.8, 4) is 10.6 Å². The van der Waals surface area contributed by atoms with Crippen LogP contribution in [0.2, 0.25) is 0 Å². The Morgan fingerprint density at radius 3 is 2.65 bits per heavy atom. The van der Waals surface area contributed by atoms with Gasteiger partial charge in [0, 0.05) is 18.6 Å². The van der Waals surface area contributed by atoms with Gasteiger partial charge in [0.2, 0.25) is 5.95 Å². The molecule has 5 N–H and O–H groups in total. The molecule has 1 saturated carbocycles. The van der Waals surface area contributed by atoms with Crippen LogP contribution in [0.1, 0.15) is 23.6 Å². The predicted octanol–water partition coefficient (Wildman–Crippen LogP) is 2.48. The zero-order chi connectivity index (χ0) is 23.8. The van der Waals surface area contributed by atoms with Crippen molar-refractivity contribution in [1.29, 1.82) is 0 Å². The lowest BCUT2D eigenvalue weighted by molar-refractivity contribution is 0.00446. The Bertz CT molecular complexity index is 1270. The van der Waals surface area contributed by atoms with Gasteiger partial charge in [-0.05, 0) is 32.4 Å². The maximum Gasteiger partial charge on any atom is 0.225 e. The van der Waals surface area contributed by atoms with E-state index in [1.54, 1.807) is 0 Å². The highest BCUT2D eigenvalue weighted by Crippen LogP contribution is 2.38. The van der Waals surface area contributed by atoms with Crippen molar-refractivity contribution in [2.45, 2.75) is 45.1 Å². The van der Waals surface area contributed by atoms with Crippen LogP contribution >= 0.6 is 11.3 Å². The molecule has 0 saturated heterocycles. The number of thiazole rings is 1. The van der Waals surface area contributed by atoms with Crippen LogP contribution in [0.5, 0.6) is 0 Å². The molecule has 0 unspecified atom stereocenters. The Hall–Kier alpha value is -3.12. The highest BCUT2D eigenvalue weighted by Gasteiger charge is 2.41. The summed E-state index contributed by atoms with van der Waals surface area (Å²) in [6.45, 7) is 3.89. The summed E-state index contributed by atoms with van der Waals surface area (Å²) >= 11 is 1.54. The quantitative estimate of drug-likeness (QED) is 0.266. The van der Waals surface area contributed by atoms with Crippen molar-refractivity contribution >= 4 is 33.3 Å². The molecular weight excluding hydrogens is 456 g/mol. The summed E-state index contributed by atoms with van der Waals surface area (Å²) in [6.07, 6.45) is -1.64. The standard InChI is InChI=1S/C23H26N6O4S/c1-11-7-14(33-29-11)9-24-23-25-12(2)18(22-27-15-5-3-4-6-17(15)34-22)21(28-23)26-16-8-13(10-30)19(31)20(16)32/h3-7,13,16,19-20,30-32H,8-10H2,1-2H3,(H2,24,25,26,28)/t13-,16-,19-,20+/m1/s1. The van der Waals surface area contributed by atoms with Crippen LogP contribution in [0.25, 0.3) is 20.8 Å². The molecule has 0 aliphatic heterocycles. The number of aromatic nitrogens is 4. The summed E-state index contributed by atoms with van der Waals surface area (Å²) in [6, 6.07) is 9.22. The first-order valence-corrected chi connectivity index (χ1v) is 11.9. The molecular formula is C23H26N6O4S. The molecule has 1 aromatic carbocycles. The SMILES string of the molecule is Cc1cc(CNc2nc(C)c(-c3nc4ccccc4s3)c(N[C@@H]3C[C@H](CO)[C@@H](O)[C@H]3O)n2)on1. The summed E-state index contributed by atoms with van der Waals surface area (Å²) in [4.78, 5) is 14.1. The molecule has 5 rings (SSSR count). The van der Waals surface area contributed by atoms with Crippen LogP contribution in [0.4, 0.5) is 11.8 Å². The van der Waals surface area contributed by atoms with Crippen molar-refractivity contribution in [3.05, 3.63) is 47.5 Å². The number of fused-ring (bicyclic) bond motifs is 1. The highest BCUT2D eigenvalue weighted by atomic mass is 32.1. The molecule has 0 bridgehead atoms. The number of rotatable bonds is 7. The second-order valence-electron chi connectivity index (χ2n) is 8.54. The first-order valence-electron chi connectivity index (χ1n) is 11.1. The van der Waals surface area contributed by atoms with Gasteiger partial charge in [0.1, 0.15) is 16.9 Å². The van der Waals surface area contributed by atoms with Crippen molar-refractivity contribution in [2.75, 3.05) is 17.2 Å². The molecule has 0 spiro atoms. The lowest BCUT2D eigenvalue weighted by Gasteiger charge is -2.21. The first kappa shape index (κ1) is 22.7. The number of nitrogens with zero attached hydrogens (tertiary/aromatic N) is 4. The van der Waals surface area contributed by atoms with E-state index in [0.717, 1.165) is 26.5 Å². The maximum atomic E-state index is 10.6. The van der Waals surface area contributed by atoms with Gasteiger partial charge in [0.05, 0.1) is 45.9 Å². The monoisotopic (exact) mass is 482 g/mol. The van der Waals surface area contributed by atoms with Crippen LogP contribution in [0, 0.1) is 19.8 Å². The van der Waals surface area contributed by atoms with Crippen LogP contribution < -0.4 is 10.6 Å². The molecule has 1 aliphatic carbocycles. The van der Waals surface area contributed by atoms with E-state index in [-0.39, 0.29) is 6.61 Å². The zero-order valence-electron chi connectivity index (χ0n) is 18.8.